The molecule has 0 aromatic heterocycles. The SMILES string of the molecule is COC(=O)C=Cc1ccc(OC(=O)CCCCC[Si](Cl)(Cl)Cl)c(OC)c1. The molecule has 0 bridgehead atoms. The number of unbranched alkanes of at least 4 members (excludes halogenated alkanes) is 2. The van der Waals surface area contributed by atoms with Crippen LogP contribution in [0.1, 0.15) is 31.2 Å². The van der Waals surface area contributed by atoms with E-state index in [0.717, 1.165) is 12.8 Å². The van der Waals surface area contributed by atoms with Crippen LogP contribution in [-0.2, 0) is 14.3 Å². The molecule has 9 heteroatoms. The van der Waals surface area contributed by atoms with E-state index in [0.29, 0.717) is 29.5 Å². The van der Waals surface area contributed by atoms with E-state index in [1.54, 1.807) is 24.3 Å². The van der Waals surface area contributed by atoms with Crippen molar-refractivity contribution < 1.29 is 23.8 Å². The minimum absolute atomic E-state index is 0.272. The topological polar surface area (TPSA) is 61.8 Å². The Bertz CT molecular complexity index is 644. The maximum absolute atomic E-state index is 12.0. The molecule has 5 nitrogen and oxygen atoms in total. The van der Waals surface area contributed by atoms with E-state index in [1.165, 1.54) is 20.3 Å². The van der Waals surface area contributed by atoms with Crippen molar-refractivity contribution in [2.75, 3.05) is 14.2 Å². The van der Waals surface area contributed by atoms with Gasteiger partial charge in [0.05, 0.1) is 14.2 Å². The number of ether oxygens (including phenoxy) is 3. The molecule has 0 unspecified atom stereocenters. The van der Waals surface area contributed by atoms with Crippen LogP contribution in [-0.4, -0.2) is 32.2 Å². The van der Waals surface area contributed by atoms with Gasteiger partial charge in [-0.15, -0.1) is 33.2 Å². The second-order valence-corrected chi connectivity index (χ2v) is 14.7. The second kappa shape index (κ2) is 11.5. The van der Waals surface area contributed by atoms with Gasteiger partial charge in [0.2, 0.25) is 0 Å². The first-order chi connectivity index (χ1) is 12.2. The molecule has 26 heavy (non-hydrogen) atoms. The monoisotopic (exact) mass is 438 g/mol. The Labute approximate surface area is 168 Å². The molecule has 0 atom stereocenters. The predicted molar refractivity (Wildman–Crippen MR) is 106 cm³/mol. The summed E-state index contributed by atoms with van der Waals surface area (Å²) in [5.41, 5.74) is 0.711. The van der Waals surface area contributed by atoms with Crippen LogP contribution < -0.4 is 9.47 Å². The van der Waals surface area contributed by atoms with Crippen LogP contribution in [0.5, 0.6) is 11.5 Å². The molecule has 0 aliphatic rings. The molecule has 1 rings (SSSR count). The minimum Gasteiger partial charge on any atom is -0.493 e. The van der Waals surface area contributed by atoms with Crippen LogP contribution in [0, 0.1) is 0 Å². The summed E-state index contributed by atoms with van der Waals surface area (Å²) >= 11 is 17.4. The van der Waals surface area contributed by atoms with E-state index in [2.05, 4.69) is 4.74 Å². The van der Waals surface area contributed by atoms with Gasteiger partial charge in [-0.1, -0.05) is 18.9 Å². The van der Waals surface area contributed by atoms with Gasteiger partial charge in [0.25, 0.3) is 0 Å². The molecule has 0 amide bonds. The summed E-state index contributed by atoms with van der Waals surface area (Å²) in [7, 11) is 2.77. The minimum atomic E-state index is -2.58. The number of hydrogen-bond acceptors (Lipinski definition) is 5. The molecular formula is C17H21Cl3O5Si. The Kier molecular flexibility index (Phi) is 10.1. The molecule has 1 aromatic carbocycles. The van der Waals surface area contributed by atoms with Crippen molar-refractivity contribution >= 4 is 57.3 Å². The summed E-state index contributed by atoms with van der Waals surface area (Å²) in [6.07, 6.45) is 5.38. The van der Waals surface area contributed by atoms with Crippen molar-refractivity contribution in [1.29, 1.82) is 0 Å². The van der Waals surface area contributed by atoms with Crippen molar-refractivity contribution in [2.24, 2.45) is 0 Å². The number of esters is 2. The first-order valence-electron chi connectivity index (χ1n) is 7.96. The highest BCUT2D eigenvalue weighted by Gasteiger charge is 2.23. The van der Waals surface area contributed by atoms with Crippen LogP contribution in [0.3, 0.4) is 0 Å². The molecule has 0 N–H and O–H groups in total. The molecule has 1 aromatic rings. The fourth-order valence-electron chi connectivity index (χ4n) is 2.05. The van der Waals surface area contributed by atoms with Crippen LogP contribution in [0.4, 0.5) is 0 Å². The fourth-order valence-corrected chi connectivity index (χ4v) is 3.90. The molecular weight excluding hydrogens is 419 g/mol. The van der Waals surface area contributed by atoms with E-state index in [9.17, 15) is 9.59 Å². The zero-order chi connectivity index (χ0) is 19.6. The summed E-state index contributed by atoms with van der Waals surface area (Å²) in [6, 6.07) is 2.98. The molecule has 0 radical (unpaired) electrons. The highest BCUT2D eigenvalue weighted by molar-refractivity contribution is 7.64. The van der Waals surface area contributed by atoms with Gasteiger partial charge in [-0.25, -0.2) is 4.79 Å². The number of carbonyl (C=O) groups is 2. The number of hydrogen-bond donors (Lipinski definition) is 0. The molecule has 144 valence electrons. The third-order valence-electron chi connectivity index (χ3n) is 3.37. The van der Waals surface area contributed by atoms with Gasteiger partial charge in [0, 0.05) is 12.5 Å². The Hall–Kier alpha value is -1.21. The third kappa shape index (κ3) is 9.47. The van der Waals surface area contributed by atoms with Crippen molar-refractivity contribution in [3.63, 3.8) is 0 Å². The maximum Gasteiger partial charge on any atom is 0.341 e. The molecule has 0 saturated carbocycles. The molecule has 0 spiro atoms. The van der Waals surface area contributed by atoms with Gasteiger partial charge in [0.1, 0.15) is 0 Å². The number of carbonyl (C=O) groups excluding carboxylic acids is 2. The van der Waals surface area contributed by atoms with Gasteiger partial charge < -0.3 is 14.2 Å². The number of rotatable bonds is 10. The van der Waals surface area contributed by atoms with Gasteiger partial charge in [-0.05, 0) is 36.2 Å². The number of benzene rings is 1. The van der Waals surface area contributed by atoms with Gasteiger partial charge in [0.15, 0.2) is 11.5 Å². The van der Waals surface area contributed by atoms with E-state index in [1.807, 2.05) is 0 Å². The van der Waals surface area contributed by atoms with E-state index in [-0.39, 0.29) is 12.4 Å². The van der Waals surface area contributed by atoms with Gasteiger partial charge >= 0.3 is 17.9 Å². The van der Waals surface area contributed by atoms with Crippen LogP contribution in [0.15, 0.2) is 24.3 Å². The summed E-state index contributed by atoms with van der Waals surface area (Å²) < 4.78 is 15.1. The lowest BCUT2D eigenvalue weighted by Gasteiger charge is -2.10. The lowest BCUT2D eigenvalue weighted by atomic mass is 10.2. The standard InChI is InChI=1S/C17H21Cl3O5Si/c1-23-15-12-13(8-10-16(21)24-2)7-9-14(15)25-17(22)6-4-3-5-11-26(18,19)20/h7-10,12H,3-6,11H2,1-2H3. The Morgan fingerprint density at radius 3 is 2.42 bits per heavy atom. The quantitative estimate of drug-likeness (QED) is 0.128. The maximum atomic E-state index is 12.0. The van der Waals surface area contributed by atoms with Crippen LogP contribution in [0.2, 0.25) is 6.04 Å². The average molecular weight is 440 g/mol. The Morgan fingerprint density at radius 2 is 1.81 bits per heavy atom. The Morgan fingerprint density at radius 1 is 1.08 bits per heavy atom. The van der Waals surface area contributed by atoms with E-state index in [4.69, 9.17) is 42.7 Å². The molecule has 0 saturated heterocycles. The number of halogens is 3. The molecule has 0 heterocycles. The highest BCUT2D eigenvalue weighted by atomic mass is 35.8. The second-order valence-electron chi connectivity index (χ2n) is 5.42. The molecule has 0 aliphatic heterocycles. The summed E-state index contributed by atoms with van der Waals surface area (Å²) in [5.74, 6) is -0.0989. The van der Waals surface area contributed by atoms with Crippen LogP contribution in [0.25, 0.3) is 6.08 Å². The van der Waals surface area contributed by atoms with Crippen LogP contribution >= 0.6 is 33.2 Å². The van der Waals surface area contributed by atoms with Gasteiger partial charge in [-0.3, -0.25) is 4.79 Å². The number of methoxy groups -OCH3 is 2. The largest absolute Gasteiger partial charge is 0.493 e. The first-order valence-corrected chi connectivity index (χ1v) is 13.2. The smallest absolute Gasteiger partial charge is 0.341 e. The molecule has 0 fully saturated rings. The van der Waals surface area contributed by atoms with Gasteiger partial charge in [-0.2, -0.15) is 0 Å². The first kappa shape index (κ1) is 22.8. The van der Waals surface area contributed by atoms with Crippen molar-refractivity contribution in [2.45, 2.75) is 31.7 Å². The Balaban J connectivity index is 2.54. The lowest BCUT2D eigenvalue weighted by Crippen LogP contribution is -2.10. The summed E-state index contributed by atoms with van der Waals surface area (Å²) in [5, 5.41) is 0. The summed E-state index contributed by atoms with van der Waals surface area (Å²) in [4.78, 5) is 23.1. The summed E-state index contributed by atoms with van der Waals surface area (Å²) in [6.45, 7) is 0. The van der Waals surface area contributed by atoms with E-state index < -0.39 is 12.0 Å². The third-order valence-corrected chi connectivity index (χ3v) is 5.99. The van der Waals surface area contributed by atoms with Crippen molar-refractivity contribution in [3.8, 4) is 11.5 Å². The zero-order valence-electron chi connectivity index (χ0n) is 14.6. The highest BCUT2D eigenvalue weighted by Crippen LogP contribution is 2.30. The van der Waals surface area contributed by atoms with Crippen molar-refractivity contribution in [1.82, 2.24) is 0 Å². The normalized spacial score (nSPS) is 11.4. The lowest BCUT2D eigenvalue weighted by molar-refractivity contribution is -0.135. The zero-order valence-corrected chi connectivity index (χ0v) is 17.9. The fraction of sp³-hybridized carbons (Fsp3) is 0.412. The van der Waals surface area contributed by atoms with E-state index >= 15 is 0 Å². The molecule has 0 aliphatic carbocycles. The van der Waals surface area contributed by atoms with Crippen molar-refractivity contribution in [3.05, 3.63) is 29.8 Å². The average Bonchev–Trinajstić information content (AvgIpc) is 2.59. The predicted octanol–water partition coefficient (Wildman–Crippen LogP) is 5.00.